The van der Waals surface area contributed by atoms with Crippen molar-refractivity contribution in [3.63, 3.8) is 0 Å². The minimum absolute atomic E-state index is 0.120. The summed E-state index contributed by atoms with van der Waals surface area (Å²) in [5, 5.41) is 7.41. The van der Waals surface area contributed by atoms with E-state index in [4.69, 9.17) is 4.74 Å². The van der Waals surface area contributed by atoms with E-state index >= 15 is 0 Å². The fourth-order valence-electron chi connectivity index (χ4n) is 4.36. The molecule has 1 aromatic heterocycles. The number of nitrogens with one attached hydrogen (secondary N) is 1. The molecule has 2 aliphatic rings. The zero-order valence-electron chi connectivity index (χ0n) is 17.8. The number of aromatic nitrogens is 2. The van der Waals surface area contributed by atoms with Gasteiger partial charge in [-0.3, -0.25) is 14.3 Å². The molecule has 0 spiro atoms. The summed E-state index contributed by atoms with van der Waals surface area (Å²) in [5.41, 5.74) is 2.19. The van der Waals surface area contributed by atoms with E-state index in [9.17, 15) is 14.0 Å². The third-order valence-electron chi connectivity index (χ3n) is 6.13. The molecule has 166 valence electrons. The minimum atomic E-state index is -0.298. The molecule has 1 aromatic carbocycles. The number of likely N-dealkylation sites (tertiary alicyclic amines) is 1. The Morgan fingerprint density at radius 2 is 1.94 bits per heavy atom. The number of rotatable bonds is 6. The first kappa shape index (κ1) is 21.5. The van der Waals surface area contributed by atoms with Crippen molar-refractivity contribution in [2.45, 2.75) is 44.8 Å². The number of ether oxygens (including phenoxy) is 1. The van der Waals surface area contributed by atoms with E-state index in [0.29, 0.717) is 31.1 Å². The molecule has 31 heavy (non-hydrogen) atoms. The van der Waals surface area contributed by atoms with E-state index in [-0.39, 0.29) is 23.7 Å². The Labute approximate surface area is 181 Å². The highest BCUT2D eigenvalue weighted by Gasteiger charge is 2.31. The maximum atomic E-state index is 13.0. The van der Waals surface area contributed by atoms with Gasteiger partial charge in [-0.2, -0.15) is 5.10 Å². The second kappa shape index (κ2) is 9.60. The number of carbonyl (C=O) groups is 2. The van der Waals surface area contributed by atoms with E-state index in [1.807, 2.05) is 11.9 Å². The molecular formula is C23H29FN4O3. The highest BCUT2D eigenvalue weighted by molar-refractivity contribution is 5.95. The molecule has 2 fully saturated rings. The Morgan fingerprint density at radius 1 is 1.19 bits per heavy atom. The molecule has 0 bridgehead atoms. The highest BCUT2D eigenvalue weighted by atomic mass is 19.1. The van der Waals surface area contributed by atoms with Crippen LogP contribution in [0.3, 0.4) is 0 Å². The molecule has 7 nitrogen and oxygen atoms in total. The van der Waals surface area contributed by atoms with Crippen LogP contribution in [0.2, 0.25) is 0 Å². The largest absolute Gasteiger partial charge is 0.368 e. The van der Waals surface area contributed by atoms with Crippen LogP contribution in [0, 0.1) is 11.7 Å². The SMILES string of the molecule is Cn1cc(C(=O)NCc2ccc(F)cc2)c(CC2CCN(C(=O)C3CCCO3)CC2)n1. The number of piperidine rings is 1. The Morgan fingerprint density at radius 3 is 2.61 bits per heavy atom. The van der Waals surface area contributed by atoms with E-state index < -0.39 is 0 Å². The van der Waals surface area contributed by atoms with Crippen molar-refractivity contribution < 1.29 is 18.7 Å². The normalized spacial score (nSPS) is 19.5. The molecule has 2 aromatic rings. The van der Waals surface area contributed by atoms with E-state index in [2.05, 4.69) is 10.4 Å². The number of aryl methyl sites for hydroxylation is 1. The fourth-order valence-corrected chi connectivity index (χ4v) is 4.36. The lowest BCUT2D eigenvalue weighted by Crippen LogP contribution is -2.44. The number of hydrogen-bond acceptors (Lipinski definition) is 4. The van der Waals surface area contributed by atoms with Gasteiger partial charge in [-0.15, -0.1) is 0 Å². The first-order valence-electron chi connectivity index (χ1n) is 10.9. The van der Waals surface area contributed by atoms with Crippen LogP contribution in [-0.2, 0) is 29.5 Å². The summed E-state index contributed by atoms with van der Waals surface area (Å²) in [7, 11) is 1.81. The van der Waals surface area contributed by atoms with Gasteiger partial charge in [-0.25, -0.2) is 4.39 Å². The van der Waals surface area contributed by atoms with E-state index in [0.717, 1.165) is 50.0 Å². The molecule has 0 aliphatic carbocycles. The second-order valence-electron chi connectivity index (χ2n) is 8.45. The van der Waals surface area contributed by atoms with Crippen LogP contribution < -0.4 is 5.32 Å². The van der Waals surface area contributed by atoms with Crippen molar-refractivity contribution in [2.75, 3.05) is 19.7 Å². The Bertz CT molecular complexity index is 913. The van der Waals surface area contributed by atoms with Gasteiger partial charge in [-0.1, -0.05) is 12.1 Å². The lowest BCUT2D eigenvalue weighted by Gasteiger charge is -2.33. The summed E-state index contributed by atoms with van der Waals surface area (Å²) >= 11 is 0. The van der Waals surface area contributed by atoms with Crippen LogP contribution in [0.4, 0.5) is 4.39 Å². The van der Waals surface area contributed by atoms with Gasteiger partial charge in [0.15, 0.2) is 0 Å². The van der Waals surface area contributed by atoms with Gasteiger partial charge in [0, 0.05) is 39.5 Å². The van der Waals surface area contributed by atoms with Crippen molar-refractivity contribution in [2.24, 2.45) is 13.0 Å². The number of nitrogens with zero attached hydrogens (tertiary/aromatic N) is 3. The third kappa shape index (κ3) is 5.31. The van der Waals surface area contributed by atoms with Crippen molar-refractivity contribution in [3.8, 4) is 0 Å². The van der Waals surface area contributed by atoms with Crippen LogP contribution in [0.15, 0.2) is 30.5 Å². The van der Waals surface area contributed by atoms with Gasteiger partial charge < -0.3 is 15.0 Å². The molecule has 8 heteroatoms. The summed E-state index contributed by atoms with van der Waals surface area (Å²) in [6.45, 7) is 2.46. The molecular weight excluding hydrogens is 399 g/mol. The van der Waals surface area contributed by atoms with Gasteiger partial charge >= 0.3 is 0 Å². The summed E-state index contributed by atoms with van der Waals surface area (Å²) < 4.78 is 20.2. The quantitative estimate of drug-likeness (QED) is 0.767. The maximum Gasteiger partial charge on any atom is 0.255 e. The summed E-state index contributed by atoms with van der Waals surface area (Å²) in [6, 6.07) is 6.08. The molecule has 0 saturated carbocycles. The average Bonchev–Trinajstić information content (AvgIpc) is 3.43. The third-order valence-corrected chi connectivity index (χ3v) is 6.13. The van der Waals surface area contributed by atoms with Crippen LogP contribution in [0.25, 0.3) is 0 Å². The maximum absolute atomic E-state index is 13.0. The summed E-state index contributed by atoms with van der Waals surface area (Å²) in [5.74, 6) is 0.0216. The number of benzene rings is 1. The van der Waals surface area contributed by atoms with Gasteiger partial charge in [0.05, 0.1) is 11.3 Å². The van der Waals surface area contributed by atoms with Crippen LogP contribution in [0.1, 0.15) is 47.3 Å². The highest BCUT2D eigenvalue weighted by Crippen LogP contribution is 2.25. The molecule has 1 N–H and O–H groups in total. The lowest BCUT2D eigenvalue weighted by molar-refractivity contribution is -0.142. The van der Waals surface area contributed by atoms with Crippen molar-refractivity contribution in [1.82, 2.24) is 20.0 Å². The Balaban J connectivity index is 1.31. The molecule has 0 radical (unpaired) electrons. The number of carbonyl (C=O) groups excluding carboxylic acids is 2. The smallest absolute Gasteiger partial charge is 0.255 e. The van der Waals surface area contributed by atoms with Crippen LogP contribution in [0.5, 0.6) is 0 Å². The molecule has 4 rings (SSSR count). The zero-order valence-corrected chi connectivity index (χ0v) is 17.8. The molecule has 2 aliphatic heterocycles. The topological polar surface area (TPSA) is 76.5 Å². The fraction of sp³-hybridized carbons (Fsp3) is 0.522. The van der Waals surface area contributed by atoms with E-state index in [1.54, 1.807) is 23.0 Å². The van der Waals surface area contributed by atoms with E-state index in [1.165, 1.54) is 12.1 Å². The molecule has 2 saturated heterocycles. The number of halogens is 1. The summed E-state index contributed by atoms with van der Waals surface area (Å²) in [6.07, 6.45) is 5.76. The van der Waals surface area contributed by atoms with Gasteiger partial charge in [-0.05, 0) is 55.7 Å². The van der Waals surface area contributed by atoms with Gasteiger partial charge in [0.2, 0.25) is 0 Å². The van der Waals surface area contributed by atoms with Crippen LogP contribution >= 0.6 is 0 Å². The van der Waals surface area contributed by atoms with Crippen molar-refractivity contribution >= 4 is 11.8 Å². The average molecular weight is 429 g/mol. The lowest BCUT2D eigenvalue weighted by atomic mass is 9.91. The van der Waals surface area contributed by atoms with Crippen molar-refractivity contribution in [3.05, 3.63) is 53.1 Å². The molecule has 2 amide bonds. The zero-order chi connectivity index (χ0) is 21.8. The molecule has 3 heterocycles. The molecule has 1 atom stereocenters. The summed E-state index contributed by atoms with van der Waals surface area (Å²) in [4.78, 5) is 27.2. The van der Waals surface area contributed by atoms with Gasteiger partial charge in [0.1, 0.15) is 11.9 Å². The predicted octanol–water partition coefficient (Wildman–Crippen LogP) is 2.45. The monoisotopic (exact) mass is 428 g/mol. The second-order valence-corrected chi connectivity index (χ2v) is 8.45. The number of amides is 2. The standard InChI is InChI=1S/C23H29FN4O3/c1-27-15-19(22(29)25-14-17-4-6-18(24)7-5-17)20(26-27)13-16-8-10-28(11-9-16)23(30)21-3-2-12-31-21/h4-7,15-16,21H,2-3,8-14H2,1H3,(H,25,29). The minimum Gasteiger partial charge on any atom is -0.368 e. The molecule has 1 unspecified atom stereocenters. The van der Waals surface area contributed by atoms with Gasteiger partial charge in [0.25, 0.3) is 11.8 Å². The number of hydrogen-bond donors (Lipinski definition) is 1. The first-order valence-corrected chi connectivity index (χ1v) is 10.9. The first-order chi connectivity index (χ1) is 15.0. The Kier molecular flexibility index (Phi) is 6.65. The predicted molar refractivity (Wildman–Crippen MR) is 113 cm³/mol. The van der Waals surface area contributed by atoms with Crippen molar-refractivity contribution in [1.29, 1.82) is 0 Å². The Hall–Kier alpha value is -2.74. The van der Waals surface area contributed by atoms with Crippen LogP contribution in [-0.4, -0.2) is 52.3 Å².